The zero-order valence-electron chi connectivity index (χ0n) is 21.4. The highest BCUT2D eigenvalue weighted by atomic mass is 16.2. The van der Waals surface area contributed by atoms with Gasteiger partial charge in [-0.3, -0.25) is 9.59 Å². The first kappa shape index (κ1) is 25.5. The van der Waals surface area contributed by atoms with Crippen LogP contribution in [0.3, 0.4) is 0 Å². The van der Waals surface area contributed by atoms with Crippen LogP contribution >= 0.6 is 0 Å². The predicted octanol–water partition coefficient (Wildman–Crippen LogP) is 4.83. The Morgan fingerprint density at radius 2 is 1.86 bits per heavy atom. The summed E-state index contributed by atoms with van der Waals surface area (Å²) < 4.78 is 0. The Labute approximate surface area is 214 Å². The van der Waals surface area contributed by atoms with E-state index in [1.54, 1.807) is 6.07 Å². The lowest BCUT2D eigenvalue weighted by Crippen LogP contribution is -2.45. The number of nitrogens with one attached hydrogen (secondary N) is 1. The predicted molar refractivity (Wildman–Crippen MR) is 146 cm³/mol. The summed E-state index contributed by atoms with van der Waals surface area (Å²) in [5.74, 6) is 0.388. The van der Waals surface area contributed by atoms with Gasteiger partial charge in [0.05, 0.1) is 5.69 Å². The first-order valence-electron chi connectivity index (χ1n) is 13.1. The van der Waals surface area contributed by atoms with Crippen molar-refractivity contribution in [3.63, 3.8) is 0 Å². The highest BCUT2D eigenvalue weighted by Gasteiger charge is 2.26. The number of piperidine rings is 1. The average Bonchev–Trinajstić information content (AvgIpc) is 3.06. The van der Waals surface area contributed by atoms with Crippen molar-refractivity contribution in [2.75, 3.05) is 31.5 Å². The second-order valence-electron chi connectivity index (χ2n) is 9.62. The van der Waals surface area contributed by atoms with E-state index in [1.165, 1.54) is 0 Å². The number of para-hydroxylation sites is 1. The molecule has 2 aromatic rings. The van der Waals surface area contributed by atoms with Gasteiger partial charge in [0.15, 0.2) is 0 Å². The SMILES string of the molecule is CCCN(CCC)C(=O)C1=Cc2ccc(C(=O)N3CCCC(Nc4ccccc4)C3)cc2N=C(N)C1. The number of carbonyl (C=O) groups excluding carboxylic acids is 2. The first-order valence-corrected chi connectivity index (χ1v) is 13.1. The van der Waals surface area contributed by atoms with E-state index >= 15 is 0 Å². The van der Waals surface area contributed by atoms with E-state index in [9.17, 15) is 9.59 Å². The van der Waals surface area contributed by atoms with Crippen LogP contribution in [0.5, 0.6) is 0 Å². The van der Waals surface area contributed by atoms with Gasteiger partial charge in [0.25, 0.3) is 5.91 Å². The number of nitrogens with two attached hydrogens (primary N) is 1. The third kappa shape index (κ3) is 6.14. The molecular weight excluding hydrogens is 450 g/mol. The Hall–Kier alpha value is -3.61. The molecular formula is C29H37N5O2. The van der Waals surface area contributed by atoms with Gasteiger partial charge in [-0.25, -0.2) is 4.99 Å². The van der Waals surface area contributed by atoms with Crippen molar-refractivity contribution < 1.29 is 9.59 Å². The Morgan fingerprint density at radius 1 is 1.11 bits per heavy atom. The van der Waals surface area contributed by atoms with Gasteiger partial charge in [-0.05, 0) is 56.0 Å². The minimum absolute atomic E-state index is 0.00673. The van der Waals surface area contributed by atoms with Gasteiger partial charge >= 0.3 is 0 Å². The van der Waals surface area contributed by atoms with Crippen molar-refractivity contribution in [2.24, 2.45) is 10.7 Å². The summed E-state index contributed by atoms with van der Waals surface area (Å²) in [6.45, 7) is 6.97. The summed E-state index contributed by atoms with van der Waals surface area (Å²) in [7, 11) is 0. The van der Waals surface area contributed by atoms with Crippen molar-refractivity contribution in [1.82, 2.24) is 9.80 Å². The molecule has 1 atom stereocenters. The van der Waals surface area contributed by atoms with Crippen LogP contribution in [0.2, 0.25) is 0 Å². The number of fused-ring (bicyclic) bond motifs is 1. The fourth-order valence-electron chi connectivity index (χ4n) is 4.95. The Balaban J connectivity index is 1.51. The Morgan fingerprint density at radius 3 is 2.58 bits per heavy atom. The number of nitrogens with zero attached hydrogens (tertiary/aromatic N) is 3. The number of hydrogen-bond donors (Lipinski definition) is 2. The zero-order chi connectivity index (χ0) is 25.5. The van der Waals surface area contributed by atoms with E-state index in [1.807, 2.05) is 58.3 Å². The quantitative estimate of drug-likeness (QED) is 0.558. The molecule has 2 aromatic carbocycles. The van der Waals surface area contributed by atoms with Crippen LogP contribution in [0, 0.1) is 0 Å². The molecule has 2 aliphatic rings. The molecule has 0 bridgehead atoms. The molecule has 1 fully saturated rings. The van der Waals surface area contributed by atoms with Crippen LogP contribution in [-0.2, 0) is 4.79 Å². The van der Waals surface area contributed by atoms with Gasteiger partial charge in [-0.1, -0.05) is 38.1 Å². The van der Waals surface area contributed by atoms with Crippen molar-refractivity contribution in [3.8, 4) is 0 Å². The van der Waals surface area contributed by atoms with E-state index in [0.29, 0.717) is 35.6 Å². The van der Waals surface area contributed by atoms with E-state index in [0.717, 1.165) is 56.6 Å². The second kappa shape index (κ2) is 11.9. The molecule has 0 radical (unpaired) electrons. The number of benzene rings is 2. The summed E-state index contributed by atoms with van der Waals surface area (Å²) in [5.41, 5.74) is 9.97. The largest absolute Gasteiger partial charge is 0.387 e. The molecule has 2 aliphatic heterocycles. The smallest absolute Gasteiger partial charge is 0.254 e. The molecule has 2 amide bonds. The summed E-state index contributed by atoms with van der Waals surface area (Å²) in [4.78, 5) is 35.0. The zero-order valence-corrected chi connectivity index (χ0v) is 21.4. The summed E-state index contributed by atoms with van der Waals surface area (Å²) in [5, 5.41) is 3.55. The minimum Gasteiger partial charge on any atom is -0.387 e. The van der Waals surface area contributed by atoms with Crippen molar-refractivity contribution in [3.05, 3.63) is 65.2 Å². The van der Waals surface area contributed by atoms with Crippen LogP contribution in [0.15, 0.2) is 59.1 Å². The summed E-state index contributed by atoms with van der Waals surface area (Å²) in [6, 6.07) is 15.8. The van der Waals surface area contributed by atoms with Crippen LogP contribution < -0.4 is 11.1 Å². The number of amides is 2. The maximum Gasteiger partial charge on any atom is 0.254 e. The van der Waals surface area contributed by atoms with Crippen LogP contribution in [0.4, 0.5) is 11.4 Å². The number of carbonyl (C=O) groups is 2. The molecule has 0 aliphatic carbocycles. The number of amidine groups is 1. The number of rotatable bonds is 8. The lowest BCUT2D eigenvalue weighted by Gasteiger charge is -2.34. The minimum atomic E-state index is -0.00673. The maximum atomic E-state index is 13.4. The number of anilines is 1. The van der Waals surface area contributed by atoms with Gasteiger partial charge in [0.1, 0.15) is 5.84 Å². The molecule has 0 spiro atoms. The molecule has 1 saturated heterocycles. The third-order valence-corrected chi connectivity index (χ3v) is 6.64. The molecule has 0 aromatic heterocycles. The topological polar surface area (TPSA) is 91.0 Å². The molecule has 0 saturated carbocycles. The fourth-order valence-corrected chi connectivity index (χ4v) is 4.95. The molecule has 36 heavy (non-hydrogen) atoms. The maximum absolute atomic E-state index is 13.4. The monoisotopic (exact) mass is 487 g/mol. The summed E-state index contributed by atoms with van der Waals surface area (Å²) >= 11 is 0. The molecule has 190 valence electrons. The van der Waals surface area contributed by atoms with Crippen molar-refractivity contribution in [2.45, 2.75) is 52.0 Å². The molecule has 1 unspecified atom stereocenters. The fraction of sp³-hybridized carbons (Fsp3) is 0.414. The highest BCUT2D eigenvalue weighted by Crippen LogP contribution is 2.29. The lowest BCUT2D eigenvalue weighted by atomic mass is 10.0. The molecule has 7 nitrogen and oxygen atoms in total. The third-order valence-electron chi connectivity index (χ3n) is 6.64. The standard InChI is InChI=1S/C29H37N5O2/c1-3-14-33(15-4-2)29(36)23-17-21-12-13-22(18-26(21)32-27(30)19-23)28(35)34-16-8-11-25(20-34)31-24-9-6-5-7-10-24/h5-7,9-10,12-13,17-18,25,31H,3-4,8,11,14-16,19-20H2,1-2H3,(H2,30,32). The number of aliphatic imine (C=N–C) groups is 1. The van der Waals surface area contributed by atoms with Gasteiger partial charge in [0.2, 0.25) is 5.91 Å². The highest BCUT2D eigenvalue weighted by molar-refractivity contribution is 6.06. The second-order valence-corrected chi connectivity index (χ2v) is 9.62. The average molecular weight is 488 g/mol. The molecule has 7 heteroatoms. The summed E-state index contributed by atoms with van der Waals surface area (Å²) in [6.07, 6.45) is 5.98. The van der Waals surface area contributed by atoms with Gasteiger partial charge in [-0.2, -0.15) is 0 Å². The van der Waals surface area contributed by atoms with Crippen LogP contribution in [0.1, 0.15) is 61.9 Å². The van der Waals surface area contributed by atoms with Crippen molar-refractivity contribution in [1.29, 1.82) is 0 Å². The van der Waals surface area contributed by atoms with Gasteiger partial charge in [-0.15, -0.1) is 0 Å². The van der Waals surface area contributed by atoms with Crippen molar-refractivity contribution >= 4 is 35.1 Å². The lowest BCUT2D eigenvalue weighted by molar-refractivity contribution is -0.127. The van der Waals surface area contributed by atoms with E-state index in [4.69, 9.17) is 5.73 Å². The van der Waals surface area contributed by atoms with E-state index in [2.05, 4.69) is 24.2 Å². The van der Waals surface area contributed by atoms with E-state index < -0.39 is 0 Å². The molecule has 2 heterocycles. The van der Waals surface area contributed by atoms with Gasteiger partial charge < -0.3 is 20.9 Å². The molecule has 4 rings (SSSR count). The van der Waals surface area contributed by atoms with Crippen LogP contribution in [0.25, 0.3) is 6.08 Å². The Bertz CT molecular complexity index is 1140. The van der Waals surface area contributed by atoms with Gasteiger partial charge in [0, 0.05) is 61.0 Å². The van der Waals surface area contributed by atoms with Crippen LogP contribution in [-0.4, -0.2) is 59.7 Å². The normalized spacial score (nSPS) is 17.4. The number of likely N-dealkylation sites (tertiary alicyclic amines) is 1. The van der Waals surface area contributed by atoms with E-state index in [-0.39, 0.29) is 17.9 Å². The Kier molecular flexibility index (Phi) is 8.41. The first-order chi connectivity index (χ1) is 17.5. The molecule has 3 N–H and O–H groups in total. The number of hydrogen-bond acceptors (Lipinski definition) is 5.